The molecule has 1 amide bonds. The topological polar surface area (TPSA) is 100 Å². The Morgan fingerprint density at radius 2 is 2.04 bits per heavy atom. The van der Waals surface area contributed by atoms with E-state index in [9.17, 15) is 4.79 Å². The fourth-order valence-corrected chi connectivity index (χ4v) is 3.32. The van der Waals surface area contributed by atoms with E-state index < -0.39 is 0 Å². The van der Waals surface area contributed by atoms with Crippen LogP contribution in [0.3, 0.4) is 0 Å². The van der Waals surface area contributed by atoms with Gasteiger partial charge in [-0.05, 0) is 55.1 Å². The van der Waals surface area contributed by atoms with Crippen molar-refractivity contribution < 1.29 is 4.79 Å². The Balaban J connectivity index is 1.61. The maximum Gasteiger partial charge on any atom is 0.221 e. The van der Waals surface area contributed by atoms with Crippen molar-refractivity contribution in [3.8, 4) is 0 Å². The Bertz CT molecular complexity index is 1100. The second-order valence-electron chi connectivity index (χ2n) is 5.95. The van der Waals surface area contributed by atoms with E-state index in [1.807, 2.05) is 55.6 Å². The van der Waals surface area contributed by atoms with E-state index in [4.69, 9.17) is 0 Å². The molecule has 0 aliphatic carbocycles. The lowest BCUT2D eigenvalue weighted by molar-refractivity contribution is -0.114. The van der Waals surface area contributed by atoms with E-state index in [-0.39, 0.29) is 5.91 Å². The summed E-state index contributed by atoms with van der Waals surface area (Å²) in [5, 5.41) is 18.2. The van der Waals surface area contributed by atoms with Crippen LogP contribution in [0.15, 0.2) is 58.7 Å². The zero-order chi connectivity index (χ0) is 18.8. The van der Waals surface area contributed by atoms with Gasteiger partial charge in [0.05, 0.1) is 0 Å². The lowest BCUT2D eigenvalue weighted by atomic mass is 10.3. The van der Waals surface area contributed by atoms with Crippen LogP contribution in [0.1, 0.15) is 12.6 Å². The number of carbonyl (C=O) groups is 1. The Kier molecular flexibility index (Phi) is 4.51. The summed E-state index contributed by atoms with van der Waals surface area (Å²) in [7, 11) is 0. The molecule has 3 N–H and O–H groups in total. The summed E-state index contributed by atoms with van der Waals surface area (Å²) in [6.45, 7) is 3.43. The SMILES string of the molecule is CC(=O)Nc1ccc(Sc2nc(Nc3cc(C)[nH]n3)c3cccn3n2)cc1. The largest absolute Gasteiger partial charge is 0.326 e. The van der Waals surface area contributed by atoms with Gasteiger partial charge in [0.2, 0.25) is 11.1 Å². The maximum atomic E-state index is 11.1. The molecule has 0 aliphatic heterocycles. The van der Waals surface area contributed by atoms with Crippen LogP contribution in [0.5, 0.6) is 0 Å². The van der Waals surface area contributed by atoms with E-state index in [0.29, 0.717) is 16.8 Å². The first-order chi connectivity index (χ1) is 13.1. The minimum absolute atomic E-state index is 0.0962. The number of hydrogen-bond acceptors (Lipinski definition) is 6. The molecule has 4 aromatic rings. The highest BCUT2D eigenvalue weighted by atomic mass is 32.2. The quantitative estimate of drug-likeness (QED) is 0.490. The molecule has 8 nitrogen and oxygen atoms in total. The zero-order valence-corrected chi connectivity index (χ0v) is 15.5. The molecule has 27 heavy (non-hydrogen) atoms. The van der Waals surface area contributed by atoms with Gasteiger partial charge in [0.15, 0.2) is 11.6 Å². The standard InChI is InChI=1S/C18H17N7OS/c1-11-10-16(23-22-11)20-17-15-4-3-9-25(15)24-18(21-17)27-14-7-5-13(6-8-14)19-12(2)26/h3-10H,1-2H3,(H,19,26)(H2,20,21,22,23,24). The Hall–Kier alpha value is -3.33. The number of rotatable bonds is 5. The van der Waals surface area contributed by atoms with Gasteiger partial charge in [0.1, 0.15) is 5.52 Å². The number of benzene rings is 1. The maximum absolute atomic E-state index is 11.1. The predicted octanol–water partition coefficient (Wildman–Crippen LogP) is 3.61. The molecule has 4 rings (SSSR count). The molecule has 0 aliphatic rings. The van der Waals surface area contributed by atoms with Gasteiger partial charge >= 0.3 is 0 Å². The third-order valence-corrected chi connectivity index (χ3v) is 4.57. The highest BCUT2D eigenvalue weighted by molar-refractivity contribution is 7.99. The molecule has 0 radical (unpaired) electrons. The number of fused-ring (bicyclic) bond motifs is 1. The smallest absolute Gasteiger partial charge is 0.221 e. The van der Waals surface area contributed by atoms with Crippen LogP contribution >= 0.6 is 11.8 Å². The predicted molar refractivity (Wildman–Crippen MR) is 104 cm³/mol. The molecule has 0 saturated carbocycles. The second-order valence-corrected chi connectivity index (χ2v) is 6.99. The summed E-state index contributed by atoms with van der Waals surface area (Å²) in [6, 6.07) is 13.3. The van der Waals surface area contributed by atoms with Crippen molar-refractivity contribution in [2.45, 2.75) is 23.9 Å². The minimum atomic E-state index is -0.0962. The molecule has 136 valence electrons. The van der Waals surface area contributed by atoms with E-state index in [0.717, 1.165) is 21.8 Å². The van der Waals surface area contributed by atoms with Crippen LogP contribution in [-0.4, -0.2) is 30.7 Å². The third kappa shape index (κ3) is 3.93. The van der Waals surface area contributed by atoms with Crippen molar-refractivity contribution >= 4 is 40.5 Å². The first-order valence-electron chi connectivity index (χ1n) is 8.27. The van der Waals surface area contributed by atoms with Crippen molar-refractivity contribution in [1.29, 1.82) is 0 Å². The number of aryl methyl sites for hydroxylation is 1. The van der Waals surface area contributed by atoms with E-state index >= 15 is 0 Å². The number of anilines is 3. The van der Waals surface area contributed by atoms with Crippen LogP contribution in [0.25, 0.3) is 5.52 Å². The minimum Gasteiger partial charge on any atom is -0.326 e. The van der Waals surface area contributed by atoms with Crippen molar-refractivity contribution in [2.24, 2.45) is 0 Å². The lowest BCUT2D eigenvalue weighted by Gasteiger charge is -2.08. The Labute approximate surface area is 159 Å². The number of H-pyrrole nitrogens is 1. The summed E-state index contributed by atoms with van der Waals surface area (Å²) in [5.41, 5.74) is 2.58. The highest BCUT2D eigenvalue weighted by Gasteiger charge is 2.11. The molecule has 9 heteroatoms. The number of carbonyl (C=O) groups excluding carboxylic acids is 1. The Morgan fingerprint density at radius 3 is 2.74 bits per heavy atom. The summed E-state index contributed by atoms with van der Waals surface area (Å²) in [6.07, 6.45) is 1.88. The number of amides is 1. The zero-order valence-electron chi connectivity index (χ0n) is 14.7. The van der Waals surface area contributed by atoms with Gasteiger partial charge in [-0.25, -0.2) is 9.50 Å². The van der Waals surface area contributed by atoms with Crippen LogP contribution in [0, 0.1) is 6.92 Å². The molecule has 3 heterocycles. The molecule has 0 spiro atoms. The molecular formula is C18H17N7OS. The summed E-state index contributed by atoms with van der Waals surface area (Å²) in [5.74, 6) is 1.28. The molecular weight excluding hydrogens is 362 g/mol. The van der Waals surface area contributed by atoms with Gasteiger partial charge in [0, 0.05) is 35.5 Å². The van der Waals surface area contributed by atoms with Crippen molar-refractivity contribution in [3.05, 3.63) is 54.4 Å². The molecule has 1 aromatic carbocycles. The number of aromatic amines is 1. The van der Waals surface area contributed by atoms with Crippen LogP contribution in [0.4, 0.5) is 17.3 Å². The first-order valence-corrected chi connectivity index (χ1v) is 9.08. The third-order valence-electron chi connectivity index (χ3n) is 3.71. The van der Waals surface area contributed by atoms with Crippen molar-refractivity contribution in [3.63, 3.8) is 0 Å². The lowest BCUT2D eigenvalue weighted by Crippen LogP contribution is -2.05. The first kappa shape index (κ1) is 17.1. The second kappa shape index (κ2) is 7.12. The van der Waals surface area contributed by atoms with Crippen LogP contribution in [0.2, 0.25) is 0 Å². The van der Waals surface area contributed by atoms with E-state index in [2.05, 4.69) is 30.9 Å². The normalized spacial score (nSPS) is 10.9. The van der Waals surface area contributed by atoms with Gasteiger partial charge < -0.3 is 10.6 Å². The Morgan fingerprint density at radius 1 is 1.22 bits per heavy atom. The number of nitrogens with zero attached hydrogens (tertiary/aromatic N) is 4. The summed E-state index contributed by atoms with van der Waals surface area (Å²) in [4.78, 5) is 16.7. The van der Waals surface area contributed by atoms with Gasteiger partial charge in [-0.3, -0.25) is 9.89 Å². The van der Waals surface area contributed by atoms with Gasteiger partial charge in [-0.2, -0.15) is 5.10 Å². The van der Waals surface area contributed by atoms with Crippen molar-refractivity contribution in [1.82, 2.24) is 24.8 Å². The van der Waals surface area contributed by atoms with Crippen LogP contribution < -0.4 is 10.6 Å². The molecule has 0 fully saturated rings. The average molecular weight is 379 g/mol. The van der Waals surface area contributed by atoms with E-state index in [1.165, 1.54) is 18.7 Å². The summed E-state index contributed by atoms with van der Waals surface area (Å²) < 4.78 is 1.78. The molecule has 0 saturated heterocycles. The van der Waals surface area contributed by atoms with Gasteiger partial charge in [0.25, 0.3) is 0 Å². The summed E-state index contributed by atoms with van der Waals surface area (Å²) >= 11 is 1.44. The van der Waals surface area contributed by atoms with Crippen LogP contribution in [-0.2, 0) is 4.79 Å². The molecule has 0 atom stereocenters. The number of aromatic nitrogens is 5. The molecule has 3 aromatic heterocycles. The van der Waals surface area contributed by atoms with E-state index in [1.54, 1.807) is 4.52 Å². The molecule has 0 unspecified atom stereocenters. The van der Waals surface area contributed by atoms with Gasteiger partial charge in [-0.15, -0.1) is 5.10 Å². The fourth-order valence-electron chi connectivity index (χ4n) is 2.57. The number of nitrogens with one attached hydrogen (secondary N) is 3. The van der Waals surface area contributed by atoms with Gasteiger partial charge in [-0.1, -0.05) is 0 Å². The number of hydrogen-bond donors (Lipinski definition) is 3. The fraction of sp³-hybridized carbons (Fsp3) is 0.111. The highest BCUT2D eigenvalue weighted by Crippen LogP contribution is 2.28. The monoisotopic (exact) mass is 379 g/mol. The van der Waals surface area contributed by atoms with Crippen molar-refractivity contribution in [2.75, 3.05) is 10.6 Å². The average Bonchev–Trinajstić information content (AvgIpc) is 3.25. The molecule has 0 bridgehead atoms.